The van der Waals surface area contributed by atoms with E-state index in [1.807, 2.05) is 30.0 Å². The van der Waals surface area contributed by atoms with E-state index in [0.717, 1.165) is 55.7 Å². The first-order valence-corrected chi connectivity index (χ1v) is 11.5. The van der Waals surface area contributed by atoms with Crippen molar-refractivity contribution >= 4 is 17.5 Å². The molecule has 1 aromatic heterocycles. The summed E-state index contributed by atoms with van der Waals surface area (Å²) in [5.74, 6) is 2.23. The highest BCUT2D eigenvalue weighted by Crippen LogP contribution is 2.38. The lowest BCUT2D eigenvalue weighted by atomic mass is 9.93. The lowest BCUT2D eigenvalue weighted by Crippen LogP contribution is -2.44. The van der Waals surface area contributed by atoms with Crippen LogP contribution in [0.3, 0.4) is 0 Å². The summed E-state index contributed by atoms with van der Waals surface area (Å²) in [5.41, 5.74) is 3.25. The van der Waals surface area contributed by atoms with Gasteiger partial charge in [0, 0.05) is 44.1 Å². The van der Waals surface area contributed by atoms with E-state index in [1.165, 1.54) is 5.56 Å². The van der Waals surface area contributed by atoms with Crippen molar-refractivity contribution in [3.8, 4) is 0 Å². The predicted octanol–water partition coefficient (Wildman–Crippen LogP) is 3.40. The fourth-order valence-corrected chi connectivity index (χ4v) is 4.81. The van der Waals surface area contributed by atoms with Gasteiger partial charge in [-0.3, -0.25) is 9.59 Å². The fourth-order valence-electron chi connectivity index (χ4n) is 4.81. The zero-order chi connectivity index (χ0) is 21.5. The largest absolute Gasteiger partial charge is 0.342 e. The number of piperidine rings is 1. The maximum atomic E-state index is 13.2. The molecule has 3 aliphatic rings. The molecular weight excluding hydrogens is 392 g/mol. The molecule has 3 heterocycles. The van der Waals surface area contributed by atoms with Crippen LogP contribution >= 0.6 is 0 Å². The highest BCUT2D eigenvalue weighted by Gasteiger charge is 2.38. The van der Waals surface area contributed by atoms with Gasteiger partial charge in [0.15, 0.2) is 5.82 Å². The normalized spacial score (nSPS) is 24.1. The molecule has 2 amide bonds. The Labute approximate surface area is 182 Å². The summed E-state index contributed by atoms with van der Waals surface area (Å²) in [6.07, 6.45) is 5.36. The first kappa shape index (κ1) is 20.2. The molecule has 0 N–H and O–H groups in total. The highest BCUT2D eigenvalue weighted by atomic mass is 16.5. The predicted molar refractivity (Wildman–Crippen MR) is 116 cm³/mol. The maximum Gasteiger partial charge on any atom is 0.228 e. The number of rotatable bonds is 5. The zero-order valence-electron chi connectivity index (χ0n) is 18.3. The van der Waals surface area contributed by atoms with E-state index in [2.05, 4.69) is 17.1 Å². The van der Waals surface area contributed by atoms with Crippen LogP contribution < -0.4 is 4.90 Å². The van der Waals surface area contributed by atoms with Crippen LogP contribution in [0.15, 0.2) is 22.7 Å². The minimum Gasteiger partial charge on any atom is -0.342 e. The molecule has 7 heteroatoms. The van der Waals surface area contributed by atoms with E-state index in [4.69, 9.17) is 4.52 Å². The Morgan fingerprint density at radius 2 is 2.00 bits per heavy atom. The smallest absolute Gasteiger partial charge is 0.228 e. The van der Waals surface area contributed by atoms with Crippen LogP contribution in [0.4, 0.5) is 5.69 Å². The molecule has 1 aromatic carbocycles. The Morgan fingerprint density at radius 1 is 1.16 bits per heavy atom. The van der Waals surface area contributed by atoms with Crippen molar-refractivity contribution in [3.05, 3.63) is 41.0 Å². The summed E-state index contributed by atoms with van der Waals surface area (Å²) in [6.45, 7) is 6.04. The Morgan fingerprint density at radius 3 is 2.77 bits per heavy atom. The first-order chi connectivity index (χ1) is 15.0. The number of carbonyl (C=O) groups excluding carboxylic acids is 2. The lowest BCUT2D eigenvalue weighted by Gasteiger charge is -2.33. The van der Waals surface area contributed by atoms with Crippen LogP contribution in [-0.2, 0) is 16.0 Å². The van der Waals surface area contributed by atoms with Crippen molar-refractivity contribution < 1.29 is 14.1 Å². The van der Waals surface area contributed by atoms with E-state index >= 15 is 0 Å². The highest BCUT2D eigenvalue weighted by molar-refractivity contribution is 6.00. The molecule has 0 bridgehead atoms. The average Bonchev–Trinajstić information content (AvgIpc) is 3.39. The van der Waals surface area contributed by atoms with Crippen molar-refractivity contribution in [2.45, 2.75) is 58.3 Å². The fraction of sp³-hybridized carbons (Fsp3) is 0.583. The number of carbonyl (C=O) groups is 2. The number of likely N-dealkylation sites (tertiary alicyclic amines) is 1. The molecule has 3 fully saturated rings. The van der Waals surface area contributed by atoms with Gasteiger partial charge in [-0.05, 0) is 68.7 Å². The molecule has 31 heavy (non-hydrogen) atoms. The third-order valence-corrected chi connectivity index (χ3v) is 7.00. The van der Waals surface area contributed by atoms with Crippen LogP contribution in [0.5, 0.6) is 0 Å². The van der Waals surface area contributed by atoms with Crippen LogP contribution in [0.25, 0.3) is 0 Å². The second-order valence-corrected chi connectivity index (χ2v) is 9.49. The number of aryl methyl sites for hydroxylation is 2. The Balaban J connectivity index is 1.21. The van der Waals surface area contributed by atoms with Gasteiger partial charge in [0.05, 0.1) is 5.92 Å². The van der Waals surface area contributed by atoms with Crippen molar-refractivity contribution in [1.29, 1.82) is 0 Å². The van der Waals surface area contributed by atoms with Crippen LogP contribution in [0.1, 0.15) is 60.9 Å². The summed E-state index contributed by atoms with van der Waals surface area (Å²) in [7, 11) is 0. The third kappa shape index (κ3) is 4.23. The number of hydrogen-bond acceptors (Lipinski definition) is 5. The van der Waals surface area contributed by atoms with Gasteiger partial charge < -0.3 is 14.3 Å². The molecule has 2 saturated heterocycles. The molecule has 164 valence electrons. The van der Waals surface area contributed by atoms with Crippen molar-refractivity contribution in [3.63, 3.8) is 0 Å². The minimum atomic E-state index is -0.266. The number of amides is 2. The van der Waals surface area contributed by atoms with Crippen LogP contribution in [-0.4, -0.2) is 46.5 Å². The molecule has 2 aromatic rings. The monoisotopic (exact) mass is 422 g/mol. The average molecular weight is 423 g/mol. The molecule has 1 aliphatic carbocycles. The molecule has 7 nitrogen and oxygen atoms in total. The van der Waals surface area contributed by atoms with Gasteiger partial charge in [-0.2, -0.15) is 4.98 Å². The van der Waals surface area contributed by atoms with Crippen molar-refractivity contribution in [1.82, 2.24) is 15.0 Å². The van der Waals surface area contributed by atoms with E-state index in [9.17, 15) is 9.59 Å². The zero-order valence-corrected chi connectivity index (χ0v) is 18.3. The van der Waals surface area contributed by atoms with Crippen molar-refractivity contribution in [2.75, 3.05) is 24.5 Å². The third-order valence-electron chi connectivity index (χ3n) is 7.00. The van der Waals surface area contributed by atoms with Crippen molar-refractivity contribution in [2.24, 2.45) is 11.8 Å². The summed E-state index contributed by atoms with van der Waals surface area (Å²) < 4.78 is 5.44. The van der Waals surface area contributed by atoms with E-state index < -0.39 is 0 Å². The maximum absolute atomic E-state index is 13.2. The summed E-state index contributed by atoms with van der Waals surface area (Å²) in [4.78, 5) is 34.2. The first-order valence-electron chi connectivity index (χ1n) is 11.5. The molecule has 0 spiro atoms. The summed E-state index contributed by atoms with van der Waals surface area (Å²) >= 11 is 0. The van der Waals surface area contributed by atoms with Crippen LogP contribution in [0, 0.1) is 25.7 Å². The molecule has 2 unspecified atom stereocenters. The van der Waals surface area contributed by atoms with E-state index in [0.29, 0.717) is 37.2 Å². The molecule has 2 aliphatic heterocycles. The van der Waals surface area contributed by atoms with Crippen LogP contribution in [0.2, 0.25) is 0 Å². The van der Waals surface area contributed by atoms with Gasteiger partial charge in [-0.1, -0.05) is 11.2 Å². The van der Waals surface area contributed by atoms with E-state index in [1.54, 1.807) is 4.90 Å². The number of nitrogens with zero attached hydrogens (tertiary/aromatic N) is 4. The Hall–Kier alpha value is -2.70. The number of aromatic nitrogens is 2. The second-order valence-electron chi connectivity index (χ2n) is 9.49. The standard InChI is InChI=1S/C24H30N4O3/c1-15-5-8-20(10-16(15)2)28-14-19(12-22(28)29)24(30)27-9-3-4-17(13-27)11-21-25-23(26-31-21)18-6-7-18/h5,8,10,17-19H,3-4,6-7,9,11-14H2,1-2H3. The molecule has 1 saturated carbocycles. The number of anilines is 1. The summed E-state index contributed by atoms with van der Waals surface area (Å²) in [5, 5.41) is 4.11. The quantitative estimate of drug-likeness (QED) is 0.738. The van der Waals surface area contributed by atoms with Gasteiger partial charge >= 0.3 is 0 Å². The van der Waals surface area contributed by atoms with Gasteiger partial charge in [0.2, 0.25) is 17.7 Å². The number of benzene rings is 1. The second kappa shape index (κ2) is 8.09. The SMILES string of the molecule is Cc1ccc(N2CC(C(=O)N3CCCC(Cc4nc(C5CC5)no4)C3)CC2=O)cc1C. The van der Waals surface area contributed by atoms with Gasteiger partial charge in [-0.25, -0.2) is 0 Å². The lowest BCUT2D eigenvalue weighted by molar-refractivity contribution is -0.137. The topological polar surface area (TPSA) is 79.5 Å². The Kier molecular flexibility index (Phi) is 5.28. The molecule has 2 atom stereocenters. The molecular formula is C24H30N4O3. The van der Waals surface area contributed by atoms with Gasteiger partial charge in [-0.15, -0.1) is 0 Å². The minimum absolute atomic E-state index is 0.0358. The number of hydrogen-bond donors (Lipinski definition) is 0. The van der Waals surface area contributed by atoms with Gasteiger partial charge in [0.25, 0.3) is 0 Å². The molecule has 5 rings (SSSR count). The Bertz CT molecular complexity index is 996. The molecule has 0 radical (unpaired) electrons. The van der Waals surface area contributed by atoms with Gasteiger partial charge in [0.1, 0.15) is 0 Å². The van der Waals surface area contributed by atoms with E-state index in [-0.39, 0.29) is 17.7 Å². The summed E-state index contributed by atoms with van der Waals surface area (Å²) in [6, 6.07) is 6.05.